The van der Waals surface area contributed by atoms with Crippen molar-refractivity contribution in [3.05, 3.63) is 218 Å². The molecule has 0 bridgehead atoms. The molecule has 10 aromatic carbocycles. The van der Waals surface area contributed by atoms with E-state index in [9.17, 15) is 0 Å². The van der Waals surface area contributed by atoms with Crippen molar-refractivity contribution in [2.45, 2.75) is 0 Å². The Hall–Kier alpha value is -9.66. The Kier molecular flexibility index (Phi) is 9.03. The minimum Gasteiger partial charge on any atom is -0.456 e. The number of rotatable bonds is 7. The molecule has 14 aromatic rings. The van der Waals surface area contributed by atoms with E-state index in [2.05, 4.69) is 121 Å². The lowest BCUT2D eigenvalue weighted by molar-refractivity contribution is 0.668. The van der Waals surface area contributed by atoms with Crippen molar-refractivity contribution in [2.24, 2.45) is 0 Å². The zero-order chi connectivity index (χ0) is 46.1. The molecule has 0 atom stereocenters. The Morgan fingerprint density at radius 1 is 0.229 bits per heavy atom. The number of fused-ring (bicyclic) bond motifs is 8. The summed E-state index contributed by atoms with van der Waals surface area (Å²) >= 11 is 0. The van der Waals surface area contributed by atoms with Gasteiger partial charge in [0.1, 0.15) is 22.3 Å². The van der Waals surface area contributed by atoms with Crippen molar-refractivity contribution in [3.63, 3.8) is 0 Å². The van der Waals surface area contributed by atoms with Crippen LogP contribution in [0.2, 0.25) is 0 Å². The number of benzene rings is 10. The lowest BCUT2D eigenvalue weighted by atomic mass is 10.0. The van der Waals surface area contributed by atoms with Gasteiger partial charge in [-0.05, 0) is 93.3 Å². The second kappa shape index (κ2) is 16.0. The number of hydrogen-bond acceptors (Lipinski definition) is 8. The van der Waals surface area contributed by atoms with Crippen LogP contribution in [0.1, 0.15) is 0 Å². The van der Waals surface area contributed by atoms with E-state index in [0.29, 0.717) is 34.9 Å². The molecule has 0 saturated carbocycles. The highest BCUT2D eigenvalue weighted by molar-refractivity contribution is 6.12. The fourth-order valence-electron chi connectivity index (χ4n) is 9.66. The average molecular weight is 897 g/mol. The van der Waals surface area contributed by atoms with E-state index in [0.717, 1.165) is 110 Å². The van der Waals surface area contributed by atoms with Crippen LogP contribution in [-0.2, 0) is 0 Å². The van der Waals surface area contributed by atoms with Gasteiger partial charge in [0.15, 0.2) is 34.9 Å². The predicted molar refractivity (Wildman–Crippen MR) is 281 cm³/mol. The molecule has 8 heteroatoms. The first kappa shape index (κ1) is 39.5. The summed E-state index contributed by atoms with van der Waals surface area (Å²) in [4.78, 5) is 30.6. The minimum atomic E-state index is 0.565. The Labute approximate surface area is 400 Å². The summed E-state index contributed by atoms with van der Waals surface area (Å²) in [5.41, 5.74) is 10.5. The molecule has 0 spiro atoms. The number of para-hydroxylation sites is 1. The molecule has 0 fully saturated rings. The first-order valence-corrected chi connectivity index (χ1v) is 23.2. The summed E-state index contributed by atoms with van der Waals surface area (Å²) in [6.45, 7) is 0. The van der Waals surface area contributed by atoms with Gasteiger partial charge in [-0.15, -0.1) is 0 Å². The maximum atomic E-state index is 6.57. The molecular weight excluding hydrogens is 861 g/mol. The van der Waals surface area contributed by atoms with Crippen molar-refractivity contribution in [1.29, 1.82) is 0 Å². The van der Waals surface area contributed by atoms with Crippen molar-refractivity contribution in [1.82, 2.24) is 29.9 Å². The topological polar surface area (TPSA) is 104 Å². The highest BCUT2D eigenvalue weighted by Gasteiger charge is 2.20. The Balaban J connectivity index is 0.857. The maximum Gasteiger partial charge on any atom is 0.164 e. The van der Waals surface area contributed by atoms with Gasteiger partial charge in [-0.1, -0.05) is 158 Å². The standard InChI is InChI=1S/C62H36N6O2/c1-2-14-39(15-3-1)57-63-59(45-26-24-37-12-4-6-16-40(37)32-45)66-61(64-57)47-29-31-53-51(35-47)48-30-28-43(36-55(48)70-53)42-18-10-19-44(34-42)58-65-60(46-27-25-38-13-5-7-17-41(38)33-46)68-62(67-58)50-21-11-23-54-56(50)49-20-8-9-22-52(49)69-54/h1-36H. The summed E-state index contributed by atoms with van der Waals surface area (Å²) in [5, 5.41) is 8.49. The highest BCUT2D eigenvalue weighted by Crippen LogP contribution is 2.39. The fraction of sp³-hybridized carbons (Fsp3) is 0. The van der Waals surface area contributed by atoms with Crippen molar-refractivity contribution in [2.75, 3.05) is 0 Å². The molecular formula is C62H36N6O2. The van der Waals surface area contributed by atoms with Gasteiger partial charge in [0.2, 0.25) is 0 Å². The molecule has 14 rings (SSSR count). The van der Waals surface area contributed by atoms with Crippen LogP contribution in [0, 0.1) is 0 Å². The zero-order valence-electron chi connectivity index (χ0n) is 37.3. The van der Waals surface area contributed by atoms with Gasteiger partial charge in [0.25, 0.3) is 0 Å². The summed E-state index contributed by atoms with van der Waals surface area (Å²) in [5.74, 6) is 3.52. The quantitative estimate of drug-likeness (QED) is 0.156. The molecule has 4 aromatic heterocycles. The van der Waals surface area contributed by atoms with Crippen LogP contribution in [0.15, 0.2) is 227 Å². The normalized spacial score (nSPS) is 11.7. The molecule has 0 aliphatic rings. The number of furan rings is 2. The van der Waals surface area contributed by atoms with Crippen LogP contribution in [-0.4, -0.2) is 29.9 Å². The van der Waals surface area contributed by atoms with Gasteiger partial charge >= 0.3 is 0 Å². The molecule has 0 radical (unpaired) electrons. The van der Waals surface area contributed by atoms with Crippen molar-refractivity contribution in [3.8, 4) is 79.5 Å². The SMILES string of the molecule is c1ccc(-c2nc(-c3ccc4ccccc4c3)nc(-c3ccc4oc5cc(-c6cccc(-c7nc(-c8ccc9ccccc9c8)nc(-c8cccc9oc%10ccccc%10c89)n7)c6)ccc5c4c3)n2)cc1. The molecule has 0 unspecified atom stereocenters. The summed E-state index contributed by atoms with van der Waals surface area (Å²) in [6, 6.07) is 74.4. The Morgan fingerprint density at radius 2 is 0.700 bits per heavy atom. The van der Waals surface area contributed by atoms with E-state index >= 15 is 0 Å². The zero-order valence-corrected chi connectivity index (χ0v) is 37.3. The van der Waals surface area contributed by atoms with Crippen molar-refractivity contribution < 1.29 is 8.83 Å². The lowest BCUT2D eigenvalue weighted by Gasteiger charge is -2.11. The Morgan fingerprint density at radius 3 is 1.41 bits per heavy atom. The van der Waals surface area contributed by atoms with Crippen molar-refractivity contribution >= 4 is 65.4 Å². The smallest absolute Gasteiger partial charge is 0.164 e. The van der Waals surface area contributed by atoms with Gasteiger partial charge in [0.05, 0.1) is 0 Å². The van der Waals surface area contributed by atoms with E-state index in [-0.39, 0.29) is 0 Å². The molecule has 0 aliphatic heterocycles. The predicted octanol–water partition coefficient (Wildman–Crippen LogP) is 15.8. The lowest BCUT2D eigenvalue weighted by Crippen LogP contribution is -2.00. The van der Waals surface area contributed by atoms with Gasteiger partial charge in [-0.3, -0.25) is 0 Å². The summed E-state index contributed by atoms with van der Waals surface area (Å²) in [7, 11) is 0. The first-order valence-electron chi connectivity index (χ1n) is 23.2. The second-order valence-electron chi connectivity index (χ2n) is 17.5. The molecule has 0 amide bonds. The largest absolute Gasteiger partial charge is 0.456 e. The molecule has 4 heterocycles. The summed E-state index contributed by atoms with van der Waals surface area (Å²) < 4.78 is 12.9. The van der Waals surface area contributed by atoms with Crippen LogP contribution in [0.3, 0.4) is 0 Å². The Bertz CT molecular complexity index is 4390. The second-order valence-corrected chi connectivity index (χ2v) is 17.5. The number of aromatic nitrogens is 6. The molecule has 0 saturated heterocycles. The molecule has 0 N–H and O–H groups in total. The van der Waals surface area contributed by atoms with E-state index < -0.39 is 0 Å². The van der Waals surface area contributed by atoms with Gasteiger partial charge in [-0.2, -0.15) is 0 Å². The molecule has 8 nitrogen and oxygen atoms in total. The van der Waals surface area contributed by atoms with Gasteiger partial charge in [0, 0.05) is 54.9 Å². The highest BCUT2D eigenvalue weighted by atomic mass is 16.3. The monoisotopic (exact) mass is 896 g/mol. The van der Waals surface area contributed by atoms with E-state index in [1.165, 1.54) is 0 Å². The fourth-order valence-corrected chi connectivity index (χ4v) is 9.66. The molecule has 326 valence electrons. The third kappa shape index (κ3) is 6.85. The van der Waals surface area contributed by atoms with E-state index in [4.69, 9.17) is 38.7 Å². The van der Waals surface area contributed by atoms with E-state index in [1.807, 2.05) is 97.1 Å². The van der Waals surface area contributed by atoms with Crippen LogP contribution >= 0.6 is 0 Å². The number of hydrogen-bond donors (Lipinski definition) is 0. The summed E-state index contributed by atoms with van der Waals surface area (Å²) in [6.07, 6.45) is 0. The van der Waals surface area contributed by atoms with Crippen LogP contribution in [0.4, 0.5) is 0 Å². The molecule has 70 heavy (non-hydrogen) atoms. The van der Waals surface area contributed by atoms with Crippen LogP contribution < -0.4 is 0 Å². The average Bonchev–Trinajstić information content (AvgIpc) is 4.01. The maximum absolute atomic E-state index is 6.57. The van der Waals surface area contributed by atoms with Gasteiger partial charge in [-0.25, -0.2) is 29.9 Å². The molecule has 0 aliphatic carbocycles. The minimum absolute atomic E-state index is 0.565. The number of nitrogens with zero attached hydrogens (tertiary/aromatic N) is 6. The van der Waals surface area contributed by atoms with Gasteiger partial charge < -0.3 is 8.83 Å². The van der Waals surface area contributed by atoms with Crippen LogP contribution in [0.5, 0.6) is 0 Å². The third-order valence-corrected chi connectivity index (χ3v) is 13.1. The first-order chi connectivity index (χ1) is 34.6. The van der Waals surface area contributed by atoms with E-state index in [1.54, 1.807) is 0 Å². The van der Waals surface area contributed by atoms with Crippen LogP contribution in [0.25, 0.3) is 145 Å². The third-order valence-electron chi connectivity index (χ3n) is 13.1.